The number of aromatic nitrogens is 1. The maximum absolute atomic E-state index is 12.8. The van der Waals surface area contributed by atoms with Crippen molar-refractivity contribution in [1.82, 2.24) is 4.98 Å². The van der Waals surface area contributed by atoms with Gasteiger partial charge in [0.15, 0.2) is 6.79 Å². The van der Waals surface area contributed by atoms with Gasteiger partial charge in [0.25, 0.3) is 5.91 Å². The molecular formula is C19H20N2O5. The molecule has 0 aliphatic heterocycles. The molecule has 7 nitrogen and oxygen atoms in total. The van der Waals surface area contributed by atoms with Crippen molar-refractivity contribution in [2.45, 2.75) is 6.42 Å². The van der Waals surface area contributed by atoms with Crippen molar-refractivity contribution in [3.05, 3.63) is 59.7 Å². The van der Waals surface area contributed by atoms with E-state index in [0.717, 1.165) is 0 Å². The Labute approximate surface area is 151 Å². The summed E-state index contributed by atoms with van der Waals surface area (Å²) >= 11 is 0. The van der Waals surface area contributed by atoms with Gasteiger partial charge in [0.1, 0.15) is 5.82 Å². The van der Waals surface area contributed by atoms with E-state index >= 15 is 0 Å². The molecule has 1 heterocycles. The molecule has 0 fully saturated rings. The lowest BCUT2D eigenvalue weighted by Gasteiger charge is -2.21. The van der Waals surface area contributed by atoms with E-state index in [2.05, 4.69) is 16.4 Å². The third-order valence-corrected chi connectivity index (χ3v) is 3.35. The Hall–Kier alpha value is -2.95. The summed E-state index contributed by atoms with van der Waals surface area (Å²) in [7, 11) is 1.56. The minimum absolute atomic E-state index is 0.0125. The van der Waals surface area contributed by atoms with Crippen molar-refractivity contribution in [3.63, 3.8) is 0 Å². The van der Waals surface area contributed by atoms with Crippen molar-refractivity contribution in [1.29, 1.82) is 0 Å². The first kappa shape index (κ1) is 19.4. The second kappa shape index (κ2) is 10.8. The lowest BCUT2D eigenvalue weighted by Crippen LogP contribution is -2.34. The normalized spacial score (nSPS) is 12.0. The van der Waals surface area contributed by atoms with E-state index in [0.29, 0.717) is 24.6 Å². The zero-order chi connectivity index (χ0) is 18.6. The van der Waals surface area contributed by atoms with Gasteiger partial charge in [-0.3, -0.25) is 14.5 Å². The van der Waals surface area contributed by atoms with Crippen LogP contribution < -0.4 is 4.90 Å². The van der Waals surface area contributed by atoms with Gasteiger partial charge in [-0.2, -0.15) is 0 Å². The van der Waals surface area contributed by atoms with E-state index in [1.54, 1.807) is 49.7 Å². The van der Waals surface area contributed by atoms with Gasteiger partial charge in [-0.25, -0.2) is 4.98 Å². The maximum atomic E-state index is 12.8. The molecule has 0 saturated carbocycles. The number of methoxy groups -OCH3 is 1. The summed E-state index contributed by atoms with van der Waals surface area (Å²) in [4.78, 5) is 30.2. The first-order valence-electron chi connectivity index (χ1n) is 8.05. The molecule has 1 amide bonds. The monoisotopic (exact) mass is 356 g/mol. The molecule has 1 aliphatic rings. The van der Waals surface area contributed by atoms with E-state index in [-0.39, 0.29) is 25.7 Å². The van der Waals surface area contributed by atoms with Crippen molar-refractivity contribution in [2.75, 3.05) is 38.6 Å². The molecule has 0 unspecified atom stereocenters. The van der Waals surface area contributed by atoms with Crippen LogP contribution >= 0.6 is 0 Å². The lowest BCUT2D eigenvalue weighted by atomic mass is 10.1. The van der Waals surface area contributed by atoms with Gasteiger partial charge in [0.05, 0.1) is 19.6 Å². The Kier molecular flexibility index (Phi) is 8.06. The van der Waals surface area contributed by atoms with Crippen LogP contribution in [0.2, 0.25) is 0 Å². The highest BCUT2D eigenvalue weighted by Crippen LogP contribution is 2.15. The van der Waals surface area contributed by atoms with Crippen LogP contribution in [0.15, 0.2) is 59.7 Å². The predicted molar refractivity (Wildman–Crippen MR) is 94.2 cm³/mol. The van der Waals surface area contributed by atoms with Crippen LogP contribution in [0.4, 0.5) is 5.82 Å². The van der Waals surface area contributed by atoms with Gasteiger partial charge in [-0.1, -0.05) is 17.5 Å². The van der Waals surface area contributed by atoms with E-state index in [1.807, 2.05) is 0 Å². The average molecular weight is 356 g/mol. The van der Waals surface area contributed by atoms with Crippen molar-refractivity contribution < 1.29 is 23.8 Å². The first-order chi connectivity index (χ1) is 12.7. The number of anilines is 1. The molecule has 26 heavy (non-hydrogen) atoms. The standard InChI is InChI=1S/C19H20N2O5/c1-24-13-14-25-15-26-18(22)10-12-21(17-9-5-6-11-20-17)19(23)16-7-3-2-4-8-16/h3,5-9,11H,10,12-15H2,1H3. The Morgan fingerprint density at radius 1 is 1.23 bits per heavy atom. The van der Waals surface area contributed by atoms with Gasteiger partial charge in [-0.15, -0.1) is 0 Å². The molecule has 0 radical (unpaired) electrons. The van der Waals surface area contributed by atoms with Crippen molar-refractivity contribution >= 4 is 17.7 Å². The second-order valence-corrected chi connectivity index (χ2v) is 5.15. The zero-order valence-electron chi connectivity index (χ0n) is 14.5. The van der Waals surface area contributed by atoms with Gasteiger partial charge in [-0.05, 0) is 24.3 Å². The largest absolute Gasteiger partial charge is 0.438 e. The Balaban J connectivity index is 1.94. The van der Waals surface area contributed by atoms with Crippen LogP contribution in [-0.4, -0.2) is 50.5 Å². The van der Waals surface area contributed by atoms with Crippen LogP contribution in [-0.2, 0) is 23.8 Å². The molecule has 2 rings (SSSR count). The molecule has 0 spiro atoms. The molecule has 136 valence electrons. The molecule has 1 aromatic heterocycles. The molecule has 0 atom stereocenters. The number of rotatable bonds is 10. The van der Waals surface area contributed by atoms with E-state index in [1.165, 1.54) is 4.90 Å². The molecular weight excluding hydrogens is 336 g/mol. The summed E-state index contributed by atoms with van der Waals surface area (Å²) in [5, 5.41) is 0. The van der Waals surface area contributed by atoms with Crippen LogP contribution in [0.1, 0.15) is 6.42 Å². The van der Waals surface area contributed by atoms with Gasteiger partial charge >= 0.3 is 5.97 Å². The van der Waals surface area contributed by atoms with E-state index in [9.17, 15) is 9.59 Å². The third kappa shape index (κ3) is 6.16. The average Bonchev–Trinajstić information content (AvgIpc) is 2.69. The second-order valence-electron chi connectivity index (χ2n) is 5.15. The smallest absolute Gasteiger partial charge is 0.309 e. The number of amides is 1. The van der Waals surface area contributed by atoms with Gasteiger partial charge in [0.2, 0.25) is 0 Å². The molecule has 0 N–H and O–H groups in total. The quantitative estimate of drug-likeness (QED) is 0.275. The summed E-state index contributed by atoms with van der Waals surface area (Å²) in [5.74, 6) is -0.295. The summed E-state index contributed by atoms with van der Waals surface area (Å²) < 4.78 is 14.9. The van der Waals surface area contributed by atoms with Crippen LogP contribution in [0.25, 0.3) is 0 Å². The highest BCUT2D eigenvalue weighted by Gasteiger charge is 2.21. The Bertz CT molecular complexity index is 744. The fourth-order valence-electron chi connectivity index (χ4n) is 2.05. The van der Waals surface area contributed by atoms with Gasteiger partial charge < -0.3 is 14.2 Å². The maximum Gasteiger partial charge on any atom is 0.309 e. The van der Waals surface area contributed by atoms with Crippen molar-refractivity contribution in [3.8, 4) is 0 Å². The molecule has 1 aliphatic carbocycles. The van der Waals surface area contributed by atoms with E-state index in [4.69, 9.17) is 14.2 Å². The molecule has 0 saturated heterocycles. The minimum Gasteiger partial charge on any atom is -0.438 e. The SMILES string of the molecule is COCCOCOC(=O)CCN(C(=O)C1=CC=C=C=C1)c1ccccn1. The van der Waals surface area contributed by atoms with E-state index < -0.39 is 5.97 Å². The highest BCUT2D eigenvalue weighted by molar-refractivity contribution is 6.07. The van der Waals surface area contributed by atoms with Crippen molar-refractivity contribution in [2.24, 2.45) is 0 Å². The summed E-state index contributed by atoms with van der Waals surface area (Å²) in [6.45, 7) is 0.740. The Morgan fingerprint density at radius 3 is 2.81 bits per heavy atom. The summed E-state index contributed by atoms with van der Waals surface area (Å²) in [6.07, 6.45) is 6.38. The molecule has 0 bridgehead atoms. The number of nitrogens with zero attached hydrogens (tertiary/aromatic N) is 2. The number of ether oxygens (including phenoxy) is 3. The fourth-order valence-corrected chi connectivity index (χ4v) is 2.05. The number of carbonyl (C=O) groups excluding carboxylic acids is 2. The van der Waals surface area contributed by atoms with Crippen LogP contribution in [0.3, 0.4) is 0 Å². The lowest BCUT2D eigenvalue weighted by molar-refractivity contribution is -0.156. The fraction of sp³-hybridized carbons (Fsp3) is 0.316. The topological polar surface area (TPSA) is 78.0 Å². The Morgan fingerprint density at radius 2 is 2.12 bits per heavy atom. The number of allylic oxidation sites excluding steroid dienone is 2. The number of hydrogen-bond acceptors (Lipinski definition) is 6. The molecule has 0 aromatic carbocycles. The summed E-state index contributed by atoms with van der Waals surface area (Å²) in [6, 6.07) is 5.23. The number of carbonyl (C=O) groups is 2. The number of esters is 1. The minimum atomic E-state index is -0.468. The van der Waals surface area contributed by atoms with Crippen LogP contribution in [0.5, 0.6) is 0 Å². The number of pyridine rings is 1. The molecule has 1 aromatic rings. The zero-order valence-corrected chi connectivity index (χ0v) is 14.5. The third-order valence-electron chi connectivity index (χ3n) is 3.35. The summed E-state index contributed by atoms with van der Waals surface area (Å²) in [5.41, 5.74) is 5.93. The molecule has 7 heteroatoms. The highest BCUT2D eigenvalue weighted by atomic mass is 16.7. The van der Waals surface area contributed by atoms with Gasteiger partial charge in [0, 0.05) is 31.5 Å². The predicted octanol–water partition coefficient (Wildman–Crippen LogP) is 1.77. The van der Waals surface area contributed by atoms with Crippen LogP contribution in [0, 0.1) is 0 Å². The first-order valence-corrected chi connectivity index (χ1v) is 8.05. The number of hydrogen-bond donors (Lipinski definition) is 0.